The lowest BCUT2D eigenvalue weighted by molar-refractivity contribution is -0.272. The summed E-state index contributed by atoms with van der Waals surface area (Å²) in [5, 5.41) is 0. The molecule has 4 aliphatic carbocycles. The number of ether oxygens (including phenoxy) is 2. The molecule has 0 N–H and O–H groups in total. The molecular weight excluding hydrogens is 372 g/mol. The van der Waals surface area contributed by atoms with Crippen molar-refractivity contribution in [2.45, 2.75) is 91.0 Å². The molecule has 3 saturated carbocycles. The van der Waals surface area contributed by atoms with Gasteiger partial charge in [0.2, 0.25) is 0 Å². The Balaban J connectivity index is 1.32. The van der Waals surface area contributed by atoms with Crippen LogP contribution in [0.4, 0.5) is 0 Å². The average molecular weight is 413 g/mol. The molecule has 0 bridgehead atoms. The molecule has 30 heavy (non-hydrogen) atoms. The Morgan fingerprint density at radius 2 is 1.90 bits per heavy atom. The summed E-state index contributed by atoms with van der Waals surface area (Å²) in [7, 11) is 0. The summed E-state index contributed by atoms with van der Waals surface area (Å²) in [5.41, 5.74) is 0.109. The largest absolute Gasteiger partial charge is 0.349 e. The molecule has 3 nitrogen and oxygen atoms in total. The first kappa shape index (κ1) is 20.0. The lowest BCUT2D eigenvalue weighted by Crippen LogP contribution is -2.57. The van der Waals surface area contributed by atoms with Crippen LogP contribution < -0.4 is 0 Å². The third-order valence-electron chi connectivity index (χ3n) is 11.3. The zero-order chi connectivity index (χ0) is 20.9. The molecule has 2 aliphatic heterocycles. The topological polar surface area (TPSA) is 35.5 Å². The number of hydrogen-bond donors (Lipinski definition) is 0. The van der Waals surface area contributed by atoms with E-state index in [1.165, 1.54) is 32.1 Å². The molecule has 6 rings (SSSR count). The van der Waals surface area contributed by atoms with Crippen LogP contribution in [-0.4, -0.2) is 24.3 Å². The highest BCUT2D eigenvalue weighted by atomic mass is 16.7. The third-order valence-corrected chi connectivity index (χ3v) is 11.3. The summed E-state index contributed by atoms with van der Waals surface area (Å²) in [6, 6.07) is 0. The van der Waals surface area contributed by atoms with Gasteiger partial charge in [0.25, 0.3) is 0 Å². The van der Waals surface area contributed by atoms with E-state index in [2.05, 4.69) is 39.8 Å². The number of hydrogen-bond acceptors (Lipinski definition) is 3. The molecule has 2 heterocycles. The normalized spacial score (nSPS) is 59.5. The van der Waals surface area contributed by atoms with Gasteiger partial charge in [-0.1, -0.05) is 39.8 Å². The quantitative estimate of drug-likeness (QED) is 0.473. The van der Waals surface area contributed by atoms with Crippen molar-refractivity contribution in [3.8, 4) is 0 Å². The van der Waals surface area contributed by atoms with Crippen LogP contribution in [0.2, 0.25) is 0 Å². The molecule has 0 aromatic heterocycles. The summed E-state index contributed by atoms with van der Waals surface area (Å²) < 4.78 is 13.2. The number of rotatable bonds is 0. The first-order chi connectivity index (χ1) is 14.3. The van der Waals surface area contributed by atoms with Gasteiger partial charge in [0.05, 0.1) is 12.7 Å². The SMILES string of the molecule is C[C@@H]1CC[C@@]2(OC1)O[C@H]1C[C@H]3[C@@H]4CC[C@H]5CC=CC[C@]5(C)[C@H]4CC(=O)[C@]3(C)[C@H]1[C@@H]2C. The predicted molar refractivity (Wildman–Crippen MR) is 117 cm³/mol. The van der Waals surface area contributed by atoms with E-state index in [1.54, 1.807) is 0 Å². The van der Waals surface area contributed by atoms with E-state index >= 15 is 0 Å². The molecule has 166 valence electrons. The summed E-state index contributed by atoms with van der Waals surface area (Å²) >= 11 is 0. The Morgan fingerprint density at radius 3 is 2.67 bits per heavy atom. The van der Waals surface area contributed by atoms with Crippen molar-refractivity contribution in [1.82, 2.24) is 0 Å². The van der Waals surface area contributed by atoms with Gasteiger partial charge in [-0.2, -0.15) is 0 Å². The smallest absolute Gasteiger partial charge is 0.171 e. The van der Waals surface area contributed by atoms with E-state index in [0.717, 1.165) is 31.8 Å². The van der Waals surface area contributed by atoms with E-state index in [1.807, 2.05) is 0 Å². The Kier molecular flexibility index (Phi) is 4.29. The minimum atomic E-state index is -0.426. The van der Waals surface area contributed by atoms with Gasteiger partial charge < -0.3 is 9.47 Å². The Morgan fingerprint density at radius 1 is 1.07 bits per heavy atom. The van der Waals surface area contributed by atoms with Crippen LogP contribution in [0.1, 0.15) is 79.1 Å². The third kappa shape index (κ3) is 2.37. The monoisotopic (exact) mass is 412 g/mol. The van der Waals surface area contributed by atoms with Crippen molar-refractivity contribution in [3.05, 3.63) is 12.2 Å². The molecule has 1 spiro atoms. The maximum absolute atomic E-state index is 14.0. The zero-order valence-electron chi connectivity index (χ0n) is 19.4. The van der Waals surface area contributed by atoms with Crippen molar-refractivity contribution in [2.24, 2.45) is 52.3 Å². The summed E-state index contributed by atoms with van der Waals surface area (Å²) in [6.45, 7) is 10.2. The fourth-order valence-corrected chi connectivity index (χ4v) is 9.53. The molecule has 0 amide bonds. The molecule has 0 unspecified atom stereocenters. The van der Waals surface area contributed by atoms with Crippen LogP contribution in [0.3, 0.4) is 0 Å². The van der Waals surface area contributed by atoms with Crippen molar-refractivity contribution in [1.29, 1.82) is 0 Å². The van der Waals surface area contributed by atoms with Crippen molar-refractivity contribution in [3.63, 3.8) is 0 Å². The highest BCUT2D eigenvalue weighted by molar-refractivity contribution is 5.87. The van der Waals surface area contributed by atoms with Crippen molar-refractivity contribution >= 4 is 5.78 Å². The van der Waals surface area contributed by atoms with E-state index in [9.17, 15) is 4.79 Å². The van der Waals surface area contributed by atoms with E-state index < -0.39 is 5.79 Å². The van der Waals surface area contributed by atoms with Crippen molar-refractivity contribution in [2.75, 3.05) is 6.61 Å². The molecule has 0 aromatic carbocycles. The number of ketones is 1. The second-order valence-corrected chi connectivity index (χ2v) is 12.5. The van der Waals surface area contributed by atoms with Gasteiger partial charge in [-0.25, -0.2) is 0 Å². The first-order valence-electron chi connectivity index (χ1n) is 12.8. The number of fused-ring (bicyclic) bond motifs is 7. The summed E-state index contributed by atoms with van der Waals surface area (Å²) in [4.78, 5) is 14.0. The van der Waals surface area contributed by atoms with Gasteiger partial charge in [0, 0.05) is 30.1 Å². The van der Waals surface area contributed by atoms with Crippen LogP contribution in [0.5, 0.6) is 0 Å². The highest BCUT2D eigenvalue weighted by Gasteiger charge is 2.71. The van der Waals surface area contributed by atoms with Crippen LogP contribution in [0.15, 0.2) is 12.2 Å². The number of Topliss-reactive ketones (excluding diaryl/α,β-unsaturated/α-hetero) is 1. The van der Waals surface area contributed by atoms with Gasteiger partial charge in [-0.05, 0) is 73.5 Å². The van der Waals surface area contributed by atoms with Crippen LogP contribution >= 0.6 is 0 Å². The summed E-state index contributed by atoms with van der Waals surface area (Å²) in [5.74, 6) is 3.94. The fourth-order valence-electron chi connectivity index (χ4n) is 9.53. The summed E-state index contributed by atoms with van der Waals surface area (Å²) in [6.07, 6.45) is 14.1. The second-order valence-electron chi connectivity index (χ2n) is 12.5. The minimum absolute atomic E-state index is 0.211. The Hall–Kier alpha value is -0.670. The van der Waals surface area contributed by atoms with Crippen molar-refractivity contribution < 1.29 is 14.3 Å². The maximum Gasteiger partial charge on any atom is 0.171 e. The average Bonchev–Trinajstić information content (AvgIpc) is 3.17. The van der Waals surface area contributed by atoms with E-state index in [4.69, 9.17) is 9.47 Å². The van der Waals surface area contributed by atoms with E-state index in [0.29, 0.717) is 46.7 Å². The molecule has 3 heteroatoms. The number of carbonyl (C=O) groups excluding carboxylic acids is 1. The van der Waals surface area contributed by atoms with Gasteiger partial charge in [0.15, 0.2) is 5.79 Å². The number of allylic oxidation sites excluding steroid dienone is 2. The minimum Gasteiger partial charge on any atom is -0.349 e. The number of carbonyl (C=O) groups is 1. The molecule has 2 saturated heterocycles. The van der Waals surface area contributed by atoms with Gasteiger partial charge in [0.1, 0.15) is 5.78 Å². The standard InChI is InChI=1S/C27H40O3/c1-16-10-12-27(29-15-16)17(2)24-22(30-27)13-21-19-9-8-18-7-5-6-11-25(18,3)20(19)14-23(28)26(21,24)4/h5-6,16-22,24H,7-15H2,1-4H3/t16-,17+,18-,19-,20+,21+,22+,24+,25+,26-,27-/m1/s1. The zero-order valence-corrected chi connectivity index (χ0v) is 19.4. The highest BCUT2D eigenvalue weighted by Crippen LogP contribution is 2.70. The van der Waals surface area contributed by atoms with Crippen LogP contribution in [0, 0.1) is 52.3 Å². The predicted octanol–water partition coefficient (Wildman–Crippen LogP) is 5.78. The van der Waals surface area contributed by atoms with Crippen LogP contribution in [0.25, 0.3) is 0 Å². The second kappa shape index (κ2) is 6.44. The van der Waals surface area contributed by atoms with Gasteiger partial charge >= 0.3 is 0 Å². The molecular formula is C27H40O3. The molecule has 11 atom stereocenters. The fraction of sp³-hybridized carbons (Fsp3) is 0.889. The van der Waals surface area contributed by atoms with Gasteiger partial charge in [-0.15, -0.1) is 0 Å². The van der Waals surface area contributed by atoms with E-state index in [-0.39, 0.29) is 11.5 Å². The Bertz CT molecular complexity index is 764. The molecule has 0 radical (unpaired) electrons. The first-order valence-corrected chi connectivity index (χ1v) is 12.8. The maximum atomic E-state index is 14.0. The van der Waals surface area contributed by atoms with Crippen LogP contribution in [-0.2, 0) is 14.3 Å². The lowest BCUT2D eigenvalue weighted by atomic mass is 9.44. The molecule has 5 fully saturated rings. The molecule has 0 aromatic rings. The Labute approximate surface area is 182 Å². The van der Waals surface area contributed by atoms with Gasteiger partial charge in [-0.3, -0.25) is 4.79 Å². The molecule has 6 aliphatic rings. The lowest BCUT2D eigenvalue weighted by Gasteiger charge is -2.59.